The van der Waals surface area contributed by atoms with Crippen molar-refractivity contribution in [2.45, 2.75) is 13.0 Å². The Morgan fingerprint density at radius 1 is 1.00 bits per heavy atom. The van der Waals surface area contributed by atoms with Gasteiger partial charge in [-0.1, -0.05) is 23.2 Å². The SMILES string of the molecule is COc1ccc(NC(C)c2cc(Cl)ccc2Cl)c(OC)c1. The molecule has 3 nitrogen and oxygen atoms in total. The topological polar surface area (TPSA) is 30.5 Å². The van der Waals surface area contributed by atoms with E-state index in [9.17, 15) is 0 Å². The second-order valence-electron chi connectivity index (χ2n) is 4.60. The lowest BCUT2D eigenvalue weighted by molar-refractivity contribution is 0.395. The normalized spacial score (nSPS) is 11.9. The lowest BCUT2D eigenvalue weighted by Gasteiger charge is -2.19. The molecule has 21 heavy (non-hydrogen) atoms. The fourth-order valence-corrected chi connectivity index (χ4v) is 2.54. The Morgan fingerprint density at radius 2 is 1.76 bits per heavy atom. The van der Waals surface area contributed by atoms with Gasteiger partial charge in [-0.05, 0) is 42.8 Å². The van der Waals surface area contributed by atoms with Gasteiger partial charge in [-0.3, -0.25) is 0 Å². The first-order valence-electron chi connectivity index (χ1n) is 6.48. The first-order valence-corrected chi connectivity index (χ1v) is 7.24. The maximum absolute atomic E-state index is 6.23. The smallest absolute Gasteiger partial charge is 0.145 e. The van der Waals surface area contributed by atoms with Crippen molar-refractivity contribution in [1.82, 2.24) is 0 Å². The summed E-state index contributed by atoms with van der Waals surface area (Å²) in [5.41, 5.74) is 1.80. The molecule has 0 aliphatic carbocycles. The van der Waals surface area contributed by atoms with Gasteiger partial charge in [0.05, 0.1) is 25.9 Å². The van der Waals surface area contributed by atoms with Crippen LogP contribution in [0.3, 0.4) is 0 Å². The van der Waals surface area contributed by atoms with Crippen LogP contribution in [0.4, 0.5) is 5.69 Å². The highest BCUT2D eigenvalue weighted by Gasteiger charge is 2.13. The number of nitrogens with one attached hydrogen (secondary N) is 1. The van der Waals surface area contributed by atoms with Crippen molar-refractivity contribution in [2.75, 3.05) is 19.5 Å². The van der Waals surface area contributed by atoms with E-state index in [0.29, 0.717) is 15.8 Å². The fourth-order valence-electron chi connectivity index (χ4n) is 2.08. The lowest BCUT2D eigenvalue weighted by Crippen LogP contribution is -2.08. The van der Waals surface area contributed by atoms with Gasteiger partial charge < -0.3 is 14.8 Å². The van der Waals surface area contributed by atoms with Crippen LogP contribution in [0.2, 0.25) is 10.0 Å². The summed E-state index contributed by atoms with van der Waals surface area (Å²) in [5.74, 6) is 1.45. The average molecular weight is 326 g/mol. The van der Waals surface area contributed by atoms with Crippen LogP contribution in [0, 0.1) is 0 Å². The number of ether oxygens (including phenoxy) is 2. The summed E-state index contributed by atoms with van der Waals surface area (Å²) in [6.07, 6.45) is 0. The highest BCUT2D eigenvalue weighted by atomic mass is 35.5. The maximum atomic E-state index is 6.23. The van der Waals surface area contributed by atoms with Gasteiger partial charge in [0.1, 0.15) is 11.5 Å². The molecule has 2 aromatic rings. The number of methoxy groups -OCH3 is 2. The van der Waals surface area contributed by atoms with Gasteiger partial charge in [0.15, 0.2) is 0 Å². The molecule has 0 saturated heterocycles. The van der Waals surface area contributed by atoms with E-state index in [1.54, 1.807) is 26.4 Å². The van der Waals surface area contributed by atoms with Gasteiger partial charge in [0, 0.05) is 16.1 Å². The first kappa shape index (κ1) is 15.8. The van der Waals surface area contributed by atoms with Crippen LogP contribution in [0.1, 0.15) is 18.5 Å². The highest BCUT2D eigenvalue weighted by Crippen LogP contribution is 2.34. The first-order chi connectivity index (χ1) is 10.0. The van der Waals surface area contributed by atoms with Gasteiger partial charge >= 0.3 is 0 Å². The fraction of sp³-hybridized carbons (Fsp3) is 0.250. The van der Waals surface area contributed by atoms with Gasteiger partial charge in [-0.25, -0.2) is 0 Å². The summed E-state index contributed by atoms with van der Waals surface area (Å²) >= 11 is 12.3. The molecular formula is C16H17Cl2NO2. The van der Waals surface area contributed by atoms with Crippen LogP contribution < -0.4 is 14.8 Å². The van der Waals surface area contributed by atoms with Gasteiger partial charge in [-0.15, -0.1) is 0 Å². The molecule has 0 heterocycles. The molecule has 2 aromatic carbocycles. The molecule has 1 unspecified atom stereocenters. The number of halogens is 2. The largest absolute Gasteiger partial charge is 0.497 e. The molecule has 5 heteroatoms. The molecular weight excluding hydrogens is 309 g/mol. The molecule has 2 rings (SSSR count). The standard InChI is InChI=1S/C16H17Cl2NO2/c1-10(13-8-11(17)4-6-14(13)18)19-15-7-5-12(20-2)9-16(15)21-3/h4-10,19H,1-3H3. The number of anilines is 1. The Morgan fingerprint density at radius 3 is 2.43 bits per heavy atom. The summed E-state index contributed by atoms with van der Waals surface area (Å²) < 4.78 is 10.6. The second-order valence-corrected chi connectivity index (χ2v) is 5.44. The minimum absolute atomic E-state index is 0.0153. The summed E-state index contributed by atoms with van der Waals surface area (Å²) in [6.45, 7) is 2.02. The van der Waals surface area contributed by atoms with Gasteiger partial charge in [0.25, 0.3) is 0 Å². The monoisotopic (exact) mass is 325 g/mol. The third-order valence-corrected chi connectivity index (χ3v) is 3.78. The zero-order chi connectivity index (χ0) is 15.4. The Balaban J connectivity index is 2.26. The molecule has 0 aromatic heterocycles. The van der Waals surface area contributed by atoms with E-state index in [0.717, 1.165) is 17.0 Å². The Kier molecular flexibility index (Phi) is 5.21. The van der Waals surface area contributed by atoms with Crippen molar-refractivity contribution in [1.29, 1.82) is 0 Å². The number of hydrogen-bond acceptors (Lipinski definition) is 3. The molecule has 0 aliphatic heterocycles. The summed E-state index contributed by atoms with van der Waals surface area (Å²) in [4.78, 5) is 0. The quantitative estimate of drug-likeness (QED) is 0.821. The van der Waals surface area contributed by atoms with Crippen molar-refractivity contribution in [3.05, 3.63) is 52.0 Å². The van der Waals surface area contributed by atoms with Crippen molar-refractivity contribution in [3.8, 4) is 11.5 Å². The molecule has 0 amide bonds. The highest BCUT2D eigenvalue weighted by molar-refractivity contribution is 6.33. The predicted octanol–water partition coefficient (Wildman–Crippen LogP) is 5.18. The van der Waals surface area contributed by atoms with Gasteiger partial charge in [-0.2, -0.15) is 0 Å². The Hall–Kier alpha value is -1.58. The third-order valence-electron chi connectivity index (χ3n) is 3.21. The summed E-state index contributed by atoms with van der Waals surface area (Å²) in [6, 6.07) is 11.0. The van der Waals surface area contributed by atoms with Crippen LogP contribution in [0.5, 0.6) is 11.5 Å². The molecule has 0 bridgehead atoms. The molecule has 0 saturated carbocycles. The van der Waals surface area contributed by atoms with Gasteiger partial charge in [0.2, 0.25) is 0 Å². The number of hydrogen-bond donors (Lipinski definition) is 1. The molecule has 0 fully saturated rings. The molecule has 0 aliphatic rings. The van der Waals surface area contributed by atoms with E-state index < -0.39 is 0 Å². The average Bonchev–Trinajstić information content (AvgIpc) is 2.49. The molecule has 1 N–H and O–H groups in total. The minimum atomic E-state index is -0.0153. The van der Waals surface area contributed by atoms with Crippen LogP contribution in [0.15, 0.2) is 36.4 Å². The lowest BCUT2D eigenvalue weighted by atomic mass is 10.1. The zero-order valence-electron chi connectivity index (χ0n) is 12.1. The van der Waals surface area contributed by atoms with E-state index in [1.807, 2.05) is 31.2 Å². The van der Waals surface area contributed by atoms with Crippen LogP contribution in [0.25, 0.3) is 0 Å². The molecule has 0 spiro atoms. The van der Waals surface area contributed by atoms with Crippen molar-refractivity contribution >= 4 is 28.9 Å². The van der Waals surface area contributed by atoms with Crippen molar-refractivity contribution < 1.29 is 9.47 Å². The minimum Gasteiger partial charge on any atom is -0.497 e. The van der Waals surface area contributed by atoms with E-state index in [-0.39, 0.29) is 6.04 Å². The van der Waals surface area contributed by atoms with Crippen molar-refractivity contribution in [2.24, 2.45) is 0 Å². The van der Waals surface area contributed by atoms with E-state index >= 15 is 0 Å². The predicted molar refractivity (Wildman–Crippen MR) is 88.0 cm³/mol. The Bertz CT molecular complexity index is 632. The third kappa shape index (κ3) is 3.74. The van der Waals surface area contributed by atoms with E-state index in [2.05, 4.69) is 5.32 Å². The summed E-state index contributed by atoms with van der Waals surface area (Å²) in [7, 11) is 3.24. The zero-order valence-corrected chi connectivity index (χ0v) is 13.6. The van der Waals surface area contributed by atoms with Crippen LogP contribution in [-0.4, -0.2) is 14.2 Å². The van der Waals surface area contributed by atoms with Crippen molar-refractivity contribution in [3.63, 3.8) is 0 Å². The van der Waals surface area contributed by atoms with E-state index in [1.165, 1.54) is 0 Å². The maximum Gasteiger partial charge on any atom is 0.145 e. The number of benzene rings is 2. The summed E-state index contributed by atoms with van der Waals surface area (Å²) in [5, 5.41) is 4.70. The molecule has 112 valence electrons. The number of rotatable bonds is 5. The van der Waals surface area contributed by atoms with E-state index in [4.69, 9.17) is 32.7 Å². The molecule has 0 radical (unpaired) electrons. The van der Waals surface area contributed by atoms with Crippen LogP contribution >= 0.6 is 23.2 Å². The van der Waals surface area contributed by atoms with Crippen LogP contribution in [-0.2, 0) is 0 Å². The second kappa shape index (κ2) is 6.92. The Labute approximate surface area is 134 Å². The molecule has 1 atom stereocenters.